The van der Waals surface area contributed by atoms with Gasteiger partial charge in [0, 0.05) is 0 Å². The maximum Gasteiger partial charge on any atom is 0.115 e. The smallest absolute Gasteiger partial charge is 0.110 e. The first kappa shape index (κ1) is 52.9. The maximum atomic E-state index is 7.26. The summed E-state index contributed by atoms with van der Waals surface area (Å²) in [4.78, 5) is 0. The minimum atomic E-state index is -0.267. The normalized spacial score (nSPS) is 11.8. The molecule has 72 heavy (non-hydrogen) atoms. The van der Waals surface area contributed by atoms with Crippen molar-refractivity contribution in [3.63, 3.8) is 0 Å². The quantitative estimate of drug-likeness (QED) is 0.0945. The molecule has 0 bridgehead atoms. The van der Waals surface area contributed by atoms with Crippen LogP contribution in [0.3, 0.4) is 0 Å². The summed E-state index contributed by atoms with van der Waals surface area (Å²) < 4.78 is 0. The number of hydrogen-bond donors (Lipinski definition) is 0. The molecule has 0 fully saturated rings. The van der Waals surface area contributed by atoms with Gasteiger partial charge in [0.25, 0.3) is 0 Å². The topological polar surface area (TPSA) is 0 Å². The predicted octanol–water partition coefficient (Wildman–Crippen LogP) is -21.3. The third-order valence-corrected chi connectivity index (χ3v) is 14.1. The van der Waals surface area contributed by atoms with Crippen molar-refractivity contribution in [3.05, 3.63) is 0 Å². The largest absolute Gasteiger partial charge is 0.115 e. The van der Waals surface area contributed by atoms with Crippen LogP contribution in [0.1, 0.15) is 0 Å². The highest BCUT2D eigenvalue weighted by atomic mass is 14.3. The van der Waals surface area contributed by atoms with Crippen LogP contribution in [0.4, 0.5) is 0 Å². The van der Waals surface area contributed by atoms with Crippen molar-refractivity contribution in [3.8, 4) is 33.4 Å². The Kier molecular flexibility index (Phi) is 13.1. The van der Waals surface area contributed by atoms with E-state index in [9.17, 15) is 0 Å². The molecule has 0 unspecified atom stereocenters. The molecule has 0 spiro atoms. The second-order valence-corrected chi connectivity index (χ2v) is 17.6. The zero-order valence-corrected chi connectivity index (χ0v) is 38.2. The van der Waals surface area contributed by atoms with Crippen molar-refractivity contribution in [2.75, 3.05) is 0 Å². The van der Waals surface area contributed by atoms with E-state index in [1.165, 1.54) is 0 Å². The number of fused-ring (bicyclic) bond motifs is 6. The van der Waals surface area contributed by atoms with Crippen molar-refractivity contribution < 1.29 is 0 Å². The zero-order chi connectivity index (χ0) is 53.4. The SMILES string of the molecule is [B]c1c([B])c(-c2c3c([B])c([B])c([B])c([B])c3c(-c3c([B])c([B])c4c(c3[B])c([B])c([B])c3c([B])c([B])c([B])c([B])c34)c3c([B])c([B])c([B])c([B])c23)c([B])c([B])c1-c1c([B])c([B])c2c([B])c([B])c([B])c([B])c2c1[B]. The van der Waals surface area contributed by atoms with Gasteiger partial charge in [-0.3, -0.25) is 0 Å². The second-order valence-electron chi connectivity index (χ2n) is 17.6. The van der Waals surface area contributed by atoms with Gasteiger partial charge in [-0.15, -0.1) is 43.7 Å². The molecule has 0 saturated carbocycles. The van der Waals surface area contributed by atoms with Crippen molar-refractivity contribution in [2.45, 2.75) is 0 Å². The highest BCUT2D eigenvalue weighted by molar-refractivity contribution is 6.78. The fraction of sp³-hybridized carbons (Fsp3) is 0. The summed E-state index contributed by atoms with van der Waals surface area (Å²) in [5.74, 6) is 0. The summed E-state index contributed by atoms with van der Waals surface area (Å²) in [6.45, 7) is 0. The first-order chi connectivity index (χ1) is 33.5. The van der Waals surface area contributed by atoms with Gasteiger partial charge in [-0.25, -0.2) is 0 Å². The lowest BCUT2D eigenvalue weighted by Crippen LogP contribution is -2.53. The summed E-state index contributed by atoms with van der Waals surface area (Å²) in [7, 11) is 189. The molecule has 28 heteroatoms. The molecule has 0 N–H and O–H groups in total. The van der Waals surface area contributed by atoms with E-state index in [0.717, 1.165) is 0 Å². The van der Waals surface area contributed by atoms with E-state index in [2.05, 4.69) is 0 Å². The minimum Gasteiger partial charge on any atom is -0.110 e. The van der Waals surface area contributed by atoms with Crippen molar-refractivity contribution in [2.24, 2.45) is 0 Å². The fourth-order valence-electron chi connectivity index (χ4n) is 10.3. The van der Waals surface area contributed by atoms with Gasteiger partial charge >= 0.3 is 0 Å². The first-order valence-electron chi connectivity index (χ1n) is 21.1. The van der Waals surface area contributed by atoms with Crippen LogP contribution in [-0.2, 0) is 0 Å². The van der Waals surface area contributed by atoms with Crippen LogP contribution in [0, 0.1) is 0 Å². The standard InChI is InChI=1S/C44B28/c45-17-9(25(53)19(47)7-8-12(29(57)28(56)11(7)17)34(62)42(70)41(69)24(8)52)1-3-5(22(50)39(67)37(65)20(3)48)2(6-4(1)21(49)38(66)40(68)23(6)51)10-26(54)31(59)15(32(60)27(10)55)13-18(46)14-16(33(61)30(13)58)36(64)44(72)43(71)35(14)63. The average Bonchev–Trinajstić information content (AvgIpc) is 3.34. The molecule has 9 aromatic carbocycles. The van der Waals surface area contributed by atoms with E-state index >= 15 is 0 Å². The molecule has 9 rings (SSSR count). The molecule has 0 aromatic heterocycles. The minimum absolute atomic E-state index is 0.0137. The number of benzene rings is 9. The Morgan fingerprint density at radius 1 is 0.0833 bits per heavy atom. The lowest BCUT2D eigenvalue weighted by atomic mass is 9.55. The van der Waals surface area contributed by atoms with E-state index in [-0.39, 0.29) is 240 Å². The summed E-state index contributed by atoms with van der Waals surface area (Å²) in [6, 6.07) is 0. The van der Waals surface area contributed by atoms with Crippen molar-refractivity contribution in [1.82, 2.24) is 0 Å². The van der Waals surface area contributed by atoms with E-state index in [1.807, 2.05) is 0 Å². The van der Waals surface area contributed by atoms with Gasteiger partial charge < -0.3 is 0 Å². The third kappa shape index (κ3) is 6.72. The second kappa shape index (κ2) is 17.9. The van der Waals surface area contributed by atoms with Gasteiger partial charge in [-0.2, -0.15) is 0 Å². The summed E-state index contributed by atoms with van der Waals surface area (Å²) in [6.07, 6.45) is 0. The zero-order valence-electron chi connectivity index (χ0n) is 38.2. The van der Waals surface area contributed by atoms with E-state index in [1.54, 1.807) is 0 Å². The third-order valence-electron chi connectivity index (χ3n) is 14.1. The Labute approximate surface area is 456 Å². The van der Waals surface area contributed by atoms with E-state index in [0.29, 0.717) is 0 Å². The molecule has 0 nitrogen and oxygen atoms in total. The molecule has 260 valence electrons. The van der Waals surface area contributed by atoms with Crippen LogP contribution < -0.4 is 153 Å². The molecular formula is C44B28. The molecule has 0 aliphatic carbocycles. The molecule has 56 radical (unpaired) electrons. The summed E-state index contributed by atoms with van der Waals surface area (Å²) in [5.41, 5.74) is -4.50. The van der Waals surface area contributed by atoms with Gasteiger partial charge in [-0.1, -0.05) is 109 Å². The van der Waals surface area contributed by atoms with Crippen LogP contribution >= 0.6 is 0 Å². The lowest BCUT2D eigenvalue weighted by Gasteiger charge is -2.33. The molecule has 0 aliphatic rings. The van der Waals surface area contributed by atoms with Gasteiger partial charge in [0.15, 0.2) is 0 Å². The van der Waals surface area contributed by atoms with Crippen molar-refractivity contribution >= 4 is 427 Å². The Morgan fingerprint density at radius 2 is 0.208 bits per heavy atom. The van der Waals surface area contributed by atoms with Crippen LogP contribution in [0.2, 0.25) is 0 Å². The van der Waals surface area contributed by atoms with Crippen LogP contribution in [0.25, 0.3) is 87.2 Å². The van der Waals surface area contributed by atoms with Gasteiger partial charge in [0.1, 0.15) is 220 Å². The average molecular weight is 831 g/mol. The highest BCUT2D eigenvalue weighted by Crippen LogP contribution is 2.39. The van der Waals surface area contributed by atoms with E-state index < -0.39 is 0 Å². The first-order valence-corrected chi connectivity index (χ1v) is 21.1. The Bertz CT molecular complexity index is 4010. The monoisotopic (exact) mass is 836 g/mol. The molecule has 0 aliphatic heterocycles. The van der Waals surface area contributed by atoms with Gasteiger partial charge in [0.2, 0.25) is 0 Å². The molecule has 0 atom stereocenters. The summed E-state index contributed by atoms with van der Waals surface area (Å²) in [5, 5.41) is 0.547. The Morgan fingerprint density at radius 3 is 0.500 bits per heavy atom. The van der Waals surface area contributed by atoms with Gasteiger partial charge in [0.05, 0.1) is 0 Å². The number of rotatable bonds is 3. The van der Waals surface area contributed by atoms with Crippen LogP contribution in [0.15, 0.2) is 0 Å². The molecule has 0 amide bonds. The van der Waals surface area contributed by atoms with Crippen molar-refractivity contribution in [1.29, 1.82) is 0 Å². The Hall–Kier alpha value is -3.90. The summed E-state index contributed by atoms with van der Waals surface area (Å²) >= 11 is 0. The molecule has 0 heterocycles. The predicted molar refractivity (Wildman–Crippen MR) is 341 cm³/mol. The Balaban J connectivity index is 1.54. The van der Waals surface area contributed by atoms with Crippen LogP contribution in [-0.4, -0.2) is 220 Å². The maximum absolute atomic E-state index is 7.26. The van der Waals surface area contributed by atoms with Gasteiger partial charge in [-0.05, 0) is 87.2 Å². The molecule has 9 aromatic rings. The molecule has 0 saturated heterocycles. The molecular weight excluding hydrogens is 831 g/mol. The van der Waals surface area contributed by atoms with Crippen LogP contribution in [0.5, 0.6) is 0 Å². The number of hydrogen-bond acceptors (Lipinski definition) is 0. The fourth-order valence-corrected chi connectivity index (χ4v) is 10.3. The lowest BCUT2D eigenvalue weighted by molar-refractivity contribution is 1.83. The highest BCUT2D eigenvalue weighted by Gasteiger charge is 2.31. The van der Waals surface area contributed by atoms with E-state index in [4.69, 9.17) is 220 Å².